The molecule has 0 aromatic heterocycles. The average Bonchev–Trinajstić information content (AvgIpc) is 2.23. The van der Waals surface area contributed by atoms with E-state index in [9.17, 15) is 0 Å². The van der Waals surface area contributed by atoms with Crippen LogP contribution in [-0.4, -0.2) is 18.2 Å². The van der Waals surface area contributed by atoms with Crippen molar-refractivity contribution in [3.05, 3.63) is 0 Å². The van der Waals surface area contributed by atoms with Crippen molar-refractivity contribution in [2.75, 3.05) is 6.61 Å². The van der Waals surface area contributed by atoms with Crippen molar-refractivity contribution in [1.29, 1.82) is 0 Å². The molecule has 2 fully saturated rings. The third kappa shape index (κ3) is 3.23. The van der Waals surface area contributed by atoms with Gasteiger partial charge < -0.3 is 10.5 Å². The SMILES string of the molecule is CC(C)(C)C(N)CCC1CCOC2(CCC2)C1. The van der Waals surface area contributed by atoms with Crippen LogP contribution in [-0.2, 0) is 4.74 Å². The molecule has 2 aliphatic rings. The first-order chi connectivity index (χ1) is 7.91. The highest BCUT2D eigenvalue weighted by molar-refractivity contribution is 4.94. The van der Waals surface area contributed by atoms with Crippen molar-refractivity contribution >= 4 is 0 Å². The van der Waals surface area contributed by atoms with Gasteiger partial charge in [0.25, 0.3) is 0 Å². The molecule has 0 amide bonds. The van der Waals surface area contributed by atoms with Crippen LogP contribution in [0.3, 0.4) is 0 Å². The monoisotopic (exact) mass is 239 g/mol. The van der Waals surface area contributed by atoms with Gasteiger partial charge in [-0.1, -0.05) is 20.8 Å². The molecule has 1 saturated carbocycles. The summed E-state index contributed by atoms with van der Waals surface area (Å²) in [5, 5.41) is 0. The maximum Gasteiger partial charge on any atom is 0.0685 e. The lowest BCUT2D eigenvalue weighted by molar-refractivity contribution is -0.144. The lowest BCUT2D eigenvalue weighted by Gasteiger charge is -2.47. The number of ether oxygens (including phenoxy) is 1. The first kappa shape index (κ1) is 13.4. The highest BCUT2D eigenvalue weighted by Crippen LogP contribution is 2.45. The number of hydrogen-bond donors (Lipinski definition) is 1. The molecule has 1 aliphatic carbocycles. The summed E-state index contributed by atoms with van der Waals surface area (Å²) in [6.45, 7) is 7.72. The summed E-state index contributed by atoms with van der Waals surface area (Å²) in [5.41, 5.74) is 6.80. The highest BCUT2D eigenvalue weighted by Gasteiger charge is 2.42. The molecule has 2 nitrogen and oxygen atoms in total. The van der Waals surface area contributed by atoms with Gasteiger partial charge in [-0.3, -0.25) is 0 Å². The molecule has 0 aromatic rings. The fourth-order valence-corrected chi connectivity index (χ4v) is 3.14. The van der Waals surface area contributed by atoms with Crippen molar-refractivity contribution < 1.29 is 4.74 Å². The Bertz CT molecular complexity index is 252. The van der Waals surface area contributed by atoms with Crippen LogP contribution >= 0.6 is 0 Å². The van der Waals surface area contributed by atoms with E-state index >= 15 is 0 Å². The first-order valence-corrected chi connectivity index (χ1v) is 7.31. The van der Waals surface area contributed by atoms with Crippen molar-refractivity contribution in [3.63, 3.8) is 0 Å². The van der Waals surface area contributed by atoms with Crippen molar-refractivity contribution in [2.24, 2.45) is 17.1 Å². The Morgan fingerprint density at radius 1 is 1.35 bits per heavy atom. The highest BCUT2D eigenvalue weighted by atomic mass is 16.5. The maximum atomic E-state index is 6.25. The van der Waals surface area contributed by atoms with Gasteiger partial charge in [-0.05, 0) is 56.3 Å². The molecule has 1 spiro atoms. The van der Waals surface area contributed by atoms with Gasteiger partial charge in [-0.2, -0.15) is 0 Å². The van der Waals surface area contributed by atoms with E-state index < -0.39 is 0 Å². The van der Waals surface area contributed by atoms with Crippen molar-refractivity contribution in [3.8, 4) is 0 Å². The van der Waals surface area contributed by atoms with Crippen molar-refractivity contribution in [1.82, 2.24) is 0 Å². The Morgan fingerprint density at radius 2 is 2.06 bits per heavy atom. The minimum absolute atomic E-state index is 0.249. The minimum atomic E-state index is 0.249. The molecular weight excluding hydrogens is 210 g/mol. The maximum absolute atomic E-state index is 6.25. The minimum Gasteiger partial charge on any atom is -0.375 e. The van der Waals surface area contributed by atoms with Gasteiger partial charge in [0.15, 0.2) is 0 Å². The number of nitrogens with two attached hydrogens (primary N) is 1. The summed E-state index contributed by atoms with van der Waals surface area (Å²) in [4.78, 5) is 0. The second kappa shape index (κ2) is 4.89. The summed E-state index contributed by atoms with van der Waals surface area (Å²) in [6, 6.07) is 0.336. The fourth-order valence-electron chi connectivity index (χ4n) is 3.14. The molecule has 0 aromatic carbocycles. The van der Waals surface area contributed by atoms with Gasteiger partial charge in [-0.15, -0.1) is 0 Å². The summed E-state index contributed by atoms with van der Waals surface area (Å²) in [7, 11) is 0. The first-order valence-electron chi connectivity index (χ1n) is 7.31. The zero-order chi connectivity index (χ0) is 12.5. The van der Waals surface area contributed by atoms with Crippen LogP contribution in [0.2, 0.25) is 0 Å². The van der Waals surface area contributed by atoms with E-state index in [1.807, 2.05) is 0 Å². The molecule has 2 unspecified atom stereocenters. The molecule has 2 rings (SSSR count). The molecule has 2 heteroatoms. The van der Waals surface area contributed by atoms with E-state index in [-0.39, 0.29) is 5.41 Å². The Kier molecular flexibility index (Phi) is 3.84. The molecule has 1 aliphatic heterocycles. The van der Waals surface area contributed by atoms with Gasteiger partial charge in [0.1, 0.15) is 0 Å². The topological polar surface area (TPSA) is 35.2 Å². The second-order valence-electron chi connectivity index (χ2n) is 7.29. The van der Waals surface area contributed by atoms with Gasteiger partial charge in [0.2, 0.25) is 0 Å². The van der Waals surface area contributed by atoms with E-state index in [1.54, 1.807) is 0 Å². The van der Waals surface area contributed by atoms with Gasteiger partial charge in [0, 0.05) is 12.6 Å². The average molecular weight is 239 g/mol. The van der Waals surface area contributed by atoms with Gasteiger partial charge in [0.05, 0.1) is 5.60 Å². The van der Waals surface area contributed by atoms with E-state index in [2.05, 4.69) is 20.8 Å². The van der Waals surface area contributed by atoms with Crippen LogP contribution < -0.4 is 5.73 Å². The second-order valence-corrected chi connectivity index (χ2v) is 7.29. The van der Waals surface area contributed by atoms with Gasteiger partial charge >= 0.3 is 0 Å². The Labute approximate surface area is 106 Å². The summed E-state index contributed by atoms with van der Waals surface area (Å²) in [6.07, 6.45) is 8.98. The lowest BCUT2D eigenvalue weighted by Crippen LogP contribution is -2.45. The predicted molar refractivity (Wildman–Crippen MR) is 71.9 cm³/mol. The van der Waals surface area contributed by atoms with Crippen LogP contribution in [0.1, 0.15) is 65.7 Å². The fraction of sp³-hybridized carbons (Fsp3) is 1.00. The summed E-state index contributed by atoms with van der Waals surface area (Å²) in [5.74, 6) is 0.859. The standard InChI is InChI=1S/C15H29NO/c1-14(2,3)13(16)6-5-12-7-10-17-15(11-12)8-4-9-15/h12-13H,4-11,16H2,1-3H3. The molecular formula is C15H29NO. The van der Waals surface area contributed by atoms with Crippen LogP contribution in [0.5, 0.6) is 0 Å². The zero-order valence-electron chi connectivity index (χ0n) is 11.8. The Morgan fingerprint density at radius 3 is 2.59 bits per heavy atom. The predicted octanol–water partition coefficient (Wildman–Crippen LogP) is 3.49. The van der Waals surface area contributed by atoms with E-state index in [1.165, 1.54) is 44.9 Å². The third-order valence-electron chi connectivity index (χ3n) is 4.86. The number of rotatable bonds is 3. The van der Waals surface area contributed by atoms with Crippen LogP contribution in [0.15, 0.2) is 0 Å². The quantitative estimate of drug-likeness (QED) is 0.818. The van der Waals surface area contributed by atoms with E-state index in [0.29, 0.717) is 11.6 Å². The molecule has 1 heterocycles. The molecule has 2 atom stereocenters. The third-order valence-corrected chi connectivity index (χ3v) is 4.86. The molecule has 2 N–H and O–H groups in total. The molecule has 100 valence electrons. The smallest absolute Gasteiger partial charge is 0.0685 e. The van der Waals surface area contributed by atoms with Gasteiger partial charge in [-0.25, -0.2) is 0 Å². The van der Waals surface area contributed by atoms with Crippen LogP contribution in [0, 0.1) is 11.3 Å². The normalized spacial score (nSPS) is 30.0. The van der Waals surface area contributed by atoms with Crippen LogP contribution in [0.25, 0.3) is 0 Å². The molecule has 17 heavy (non-hydrogen) atoms. The molecule has 1 saturated heterocycles. The number of hydrogen-bond acceptors (Lipinski definition) is 2. The van der Waals surface area contributed by atoms with E-state index in [4.69, 9.17) is 10.5 Å². The zero-order valence-corrected chi connectivity index (χ0v) is 11.8. The summed E-state index contributed by atoms with van der Waals surface area (Å²) < 4.78 is 5.97. The summed E-state index contributed by atoms with van der Waals surface area (Å²) >= 11 is 0. The molecule has 0 radical (unpaired) electrons. The molecule has 0 bridgehead atoms. The van der Waals surface area contributed by atoms with E-state index in [0.717, 1.165) is 12.5 Å². The Hall–Kier alpha value is -0.0800. The van der Waals surface area contributed by atoms with Crippen molar-refractivity contribution in [2.45, 2.75) is 77.4 Å². The Balaban J connectivity index is 1.76. The van der Waals surface area contributed by atoms with Crippen LogP contribution in [0.4, 0.5) is 0 Å². The lowest BCUT2D eigenvalue weighted by atomic mass is 9.70. The largest absolute Gasteiger partial charge is 0.375 e.